The van der Waals surface area contributed by atoms with Crippen LogP contribution in [-0.4, -0.2) is 24.6 Å². The lowest BCUT2D eigenvalue weighted by molar-refractivity contribution is 0.0685. The molecule has 0 saturated carbocycles. The lowest BCUT2D eigenvalue weighted by atomic mass is 10.2. The SMILES string of the molecule is N#CC(NC(=O)c1ccc(Cl)cc1)OCC#CCCl. The molecule has 1 aromatic rings. The molecule has 1 amide bonds. The molecule has 1 unspecified atom stereocenters. The number of halogens is 2. The minimum atomic E-state index is -1.06. The summed E-state index contributed by atoms with van der Waals surface area (Å²) in [4.78, 5) is 11.8. The Bertz CT molecular complexity index is 526. The van der Waals surface area contributed by atoms with Gasteiger partial charge in [0.2, 0.25) is 6.23 Å². The first-order chi connectivity index (χ1) is 9.17. The van der Waals surface area contributed by atoms with Crippen LogP contribution in [0.25, 0.3) is 0 Å². The average Bonchev–Trinajstić information content (AvgIpc) is 2.42. The molecule has 0 saturated heterocycles. The van der Waals surface area contributed by atoms with Crippen molar-refractivity contribution < 1.29 is 9.53 Å². The van der Waals surface area contributed by atoms with Gasteiger partial charge in [-0.25, -0.2) is 0 Å². The third kappa shape index (κ3) is 5.63. The van der Waals surface area contributed by atoms with Crippen molar-refractivity contribution in [2.24, 2.45) is 0 Å². The normalized spacial score (nSPS) is 10.8. The molecule has 0 spiro atoms. The summed E-state index contributed by atoms with van der Waals surface area (Å²) in [6.07, 6.45) is -1.06. The minimum Gasteiger partial charge on any atom is -0.332 e. The van der Waals surface area contributed by atoms with Gasteiger partial charge in [-0.1, -0.05) is 23.4 Å². The zero-order valence-electron chi connectivity index (χ0n) is 9.82. The molecule has 0 aliphatic carbocycles. The topological polar surface area (TPSA) is 62.1 Å². The average molecular weight is 297 g/mol. The fourth-order valence-electron chi connectivity index (χ4n) is 1.14. The Morgan fingerprint density at radius 2 is 2.05 bits per heavy atom. The highest BCUT2D eigenvalue weighted by atomic mass is 35.5. The van der Waals surface area contributed by atoms with E-state index in [9.17, 15) is 4.79 Å². The molecule has 1 atom stereocenters. The molecular weight excluding hydrogens is 287 g/mol. The van der Waals surface area contributed by atoms with Crippen LogP contribution in [0.1, 0.15) is 10.4 Å². The molecule has 0 aliphatic rings. The molecule has 0 fully saturated rings. The number of carbonyl (C=O) groups excluding carboxylic acids is 1. The Morgan fingerprint density at radius 3 is 2.63 bits per heavy atom. The van der Waals surface area contributed by atoms with Crippen molar-refractivity contribution in [1.29, 1.82) is 5.26 Å². The maximum absolute atomic E-state index is 11.8. The fourth-order valence-corrected chi connectivity index (χ4v) is 1.36. The van der Waals surface area contributed by atoms with Crippen molar-refractivity contribution >= 4 is 29.1 Å². The second kappa shape index (κ2) is 8.39. The van der Waals surface area contributed by atoms with Gasteiger partial charge in [-0.2, -0.15) is 5.26 Å². The number of nitrogens with one attached hydrogen (secondary N) is 1. The summed E-state index contributed by atoms with van der Waals surface area (Å²) < 4.78 is 5.06. The number of nitrogens with zero attached hydrogens (tertiary/aromatic N) is 1. The molecule has 0 radical (unpaired) electrons. The van der Waals surface area contributed by atoms with Gasteiger partial charge < -0.3 is 10.1 Å². The van der Waals surface area contributed by atoms with Gasteiger partial charge >= 0.3 is 0 Å². The lowest BCUT2D eigenvalue weighted by Gasteiger charge is -2.10. The molecule has 0 aromatic heterocycles. The van der Waals surface area contributed by atoms with Gasteiger partial charge in [0, 0.05) is 10.6 Å². The van der Waals surface area contributed by atoms with Crippen molar-refractivity contribution in [3.63, 3.8) is 0 Å². The largest absolute Gasteiger partial charge is 0.332 e. The van der Waals surface area contributed by atoms with Gasteiger partial charge in [-0.05, 0) is 24.3 Å². The molecule has 1 N–H and O–H groups in total. The van der Waals surface area contributed by atoms with Crippen LogP contribution in [0.2, 0.25) is 5.02 Å². The number of hydrogen-bond donors (Lipinski definition) is 1. The van der Waals surface area contributed by atoms with Gasteiger partial charge in [0.05, 0.1) is 5.88 Å². The van der Waals surface area contributed by atoms with Crippen molar-refractivity contribution in [3.05, 3.63) is 34.9 Å². The maximum Gasteiger partial charge on any atom is 0.254 e. The number of benzene rings is 1. The number of amides is 1. The van der Waals surface area contributed by atoms with E-state index in [1.54, 1.807) is 24.3 Å². The number of hydrogen-bond acceptors (Lipinski definition) is 3. The summed E-state index contributed by atoms with van der Waals surface area (Å²) in [7, 11) is 0. The van der Waals surface area contributed by atoms with Gasteiger partial charge in [0.1, 0.15) is 12.7 Å². The molecule has 0 aliphatic heterocycles. The summed E-state index contributed by atoms with van der Waals surface area (Å²) >= 11 is 11.1. The van der Waals surface area contributed by atoms with Crippen molar-refractivity contribution in [2.75, 3.05) is 12.5 Å². The van der Waals surface area contributed by atoms with Crippen LogP contribution >= 0.6 is 23.2 Å². The second-order valence-electron chi connectivity index (χ2n) is 3.29. The summed E-state index contributed by atoms with van der Waals surface area (Å²) in [5.41, 5.74) is 0.389. The lowest BCUT2D eigenvalue weighted by Crippen LogP contribution is -2.35. The van der Waals surface area contributed by atoms with Crippen molar-refractivity contribution in [1.82, 2.24) is 5.32 Å². The van der Waals surface area contributed by atoms with E-state index < -0.39 is 12.1 Å². The van der Waals surface area contributed by atoms with Crippen LogP contribution in [0.3, 0.4) is 0 Å². The molecule has 98 valence electrons. The Kier molecular flexibility index (Phi) is 6.78. The number of carbonyl (C=O) groups is 1. The Labute approximate surface area is 121 Å². The number of ether oxygens (including phenoxy) is 1. The van der Waals surface area contributed by atoms with Crippen molar-refractivity contribution in [2.45, 2.75) is 6.23 Å². The van der Waals surface area contributed by atoms with Gasteiger partial charge in [0.15, 0.2) is 0 Å². The molecule has 4 nitrogen and oxygen atoms in total. The van der Waals surface area contributed by atoms with Gasteiger partial charge in [-0.15, -0.1) is 11.6 Å². The van der Waals surface area contributed by atoms with E-state index in [2.05, 4.69) is 17.2 Å². The smallest absolute Gasteiger partial charge is 0.254 e. The zero-order valence-corrected chi connectivity index (χ0v) is 11.3. The van der Waals surface area contributed by atoms with E-state index in [1.165, 1.54) is 0 Å². The van der Waals surface area contributed by atoms with E-state index >= 15 is 0 Å². The predicted molar refractivity (Wildman–Crippen MR) is 72.8 cm³/mol. The first-order valence-corrected chi connectivity index (χ1v) is 6.18. The van der Waals surface area contributed by atoms with E-state index in [0.29, 0.717) is 10.6 Å². The van der Waals surface area contributed by atoms with Gasteiger partial charge in [-0.3, -0.25) is 4.79 Å². The highest BCUT2D eigenvalue weighted by molar-refractivity contribution is 6.30. The van der Waals surface area contributed by atoms with Crippen LogP contribution < -0.4 is 5.32 Å². The van der Waals surface area contributed by atoms with Crippen LogP contribution in [0, 0.1) is 23.2 Å². The summed E-state index contributed by atoms with van der Waals surface area (Å²) in [5, 5.41) is 11.8. The molecule has 1 aromatic carbocycles. The number of nitriles is 1. The van der Waals surface area contributed by atoms with E-state index in [0.717, 1.165) is 0 Å². The standard InChI is InChI=1S/C13H10Cl2N2O2/c14-7-1-2-8-19-12(9-16)17-13(18)10-3-5-11(15)6-4-10/h3-6,12H,7-8H2,(H,17,18). The Morgan fingerprint density at radius 1 is 1.37 bits per heavy atom. The van der Waals surface area contributed by atoms with Gasteiger partial charge in [0.25, 0.3) is 5.91 Å². The van der Waals surface area contributed by atoms with E-state index in [4.69, 9.17) is 33.2 Å². The first kappa shape index (κ1) is 15.3. The van der Waals surface area contributed by atoms with Crippen LogP contribution in [0.15, 0.2) is 24.3 Å². The Hall–Kier alpha value is -1.72. The summed E-state index contributed by atoms with van der Waals surface area (Å²) in [6.45, 7) is 0.0197. The molecule has 1 rings (SSSR count). The third-order valence-electron chi connectivity index (χ3n) is 2.00. The molecular formula is C13H10Cl2N2O2. The van der Waals surface area contributed by atoms with E-state index in [-0.39, 0.29) is 12.5 Å². The third-order valence-corrected chi connectivity index (χ3v) is 2.39. The first-order valence-electron chi connectivity index (χ1n) is 5.26. The quantitative estimate of drug-likeness (QED) is 0.526. The van der Waals surface area contributed by atoms with Crippen molar-refractivity contribution in [3.8, 4) is 17.9 Å². The summed E-state index contributed by atoms with van der Waals surface area (Å²) in [5.74, 6) is 4.94. The molecule has 6 heteroatoms. The Balaban J connectivity index is 2.54. The highest BCUT2D eigenvalue weighted by Crippen LogP contribution is 2.09. The van der Waals surface area contributed by atoms with Crippen LogP contribution in [-0.2, 0) is 4.74 Å². The van der Waals surface area contributed by atoms with Crippen LogP contribution in [0.5, 0.6) is 0 Å². The summed E-state index contributed by atoms with van der Waals surface area (Å²) in [6, 6.07) is 8.10. The fraction of sp³-hybridized carbons (Fsp3) is 0.231. The number of rotatable bonds is 4. The van der Waals surface area contributed by atoms with Crippen LogP contribution in [0.4, 0.5) is 0 Å². The monoisotopic (exact) mass is 296 g/mol. The maximum atomic E-state index is 11.8. The molecule has 0 bridgehead atoms. The second-order valence-corrected chi connectivity index (χ2v) is 3.99. The molecule has 0 heterocycles. The zero-order chi connectivity index (χ0) is 14.1. The highest BCUT2D eigenvalue weighted by Gasteiger charge is 2.12. The number of alkyl halides is 1. The predicted octanol–water partition coefficient (Wildman–Crippen LogP) is 2.18. The van der Waals surface area contributed by atoms with E-state index in [1.807, 2.05) is 6.07 Å². The molecule has 19 heavy (non-hydrogen) atoms. The minimum absolute atomic E-state index is 0.0197.